The predicted octanol–water partition coefficient (Wildman–Crippen LogP) is 3.33. The summed E-state index contributed by atoms with van der Waals surface area (Å²) >= 11 is 1.48. The fourth-order valence-corrected chi connectivity index (χ4v) is 3.14. The van der Waals surface area contributed by atoms with Crippen molar-refractivity contribution in [2.24, 2.45) is 0 Å². The summed E-state index contributed by atoms with van der Waals surface area (Å²) < 4.78 is 10.5. The quantitative estimate of drug-likeness (QED) is 0.411. The molecule has 0 fully saturated rings. The number of thioether (sulfide) groups is 1. The van der Waals surface area contributed by atoms with Crippen molar-refractivity contribution in [3.8, 4) is 5.75 Å². The van der Waals surface area contributed by atoms with Crippen LogP contribution in [0.4, 0.5) is 5.69 Å². The Bertz CT molecular complexity index is 834. The Labute approximate surface area is 169 Å². The topological polar surface area (TPSA) is 90.4 Å². The summed E-state index contributed by atoms with van der Waals surface area (Å²) in [6.07, 6.45) is 1.61. The highest BCUT2D eigenvalue weighted by Crippen LogP contribution is 2.23. The molecule has 28 heavy (non-hydrogen) atoms. The number of rotatable bonds is 8. The van der Waals surface area contributed by atoms with Gasteiger partial charge in [0.1, 0.15) is 5.75 Å². The molecule has 8 heteroatoms. The molecule has 0 aliphatic heterocycles. The molecule has 7 nitrogen and oxygen atoms in total. The molecule has 1 amide bonds. The minimum atomic E-state index is -0.922. The van der Waals surface area contributed by atoms with Crippen LogP contribution in [-0.4, -0.2) is 41.3 Å². The molecular weight excluding hydrogens is 378 g/mol. The summed E-state index contributed by atoms with van der Waals surface area (Å²) in [6, 6.07) is 7.04. The Kier molecular flexibility index (Phi) is 7.80. The first-order chi connectivity index (χ1) is 13.3. The minimum absolute atomic E-state index is 0.149. The van der Waals surface area contributed by atoms with Crippen molar-refractivity contribution in [3.05, 3.63) is 41.2 Å². The van der Waals surface area contributed by atoms with Crippen LogP contribution < -0.4 is 10.1 Å². The normalized spacial score (nSPS) is 11.6. The van der Waals surface area contributed by atoms with E-state index in [0.717, 1.165) is 17.0 Å². The number of carbonyl (C=O) groups excluding carboxylic acids is 2. The predicted molar refractivity (Wildman–Crippen MR) is 109 cm³/mol. The molecule has 0 bridgehead atoms. The molecule has 0 aliphatic rings. The number of anilines is 1. The summed E-state index contributed by atoms with van der Waals surface area (Å²) in [5, 5.41) is 3.42. The van der Waals surface area contributed by atoms with E-state index in [1.165, 1.54) is 25.8 Å². The molecule has 1 aromatic carbocycles. The van der Waals surface area contributed by atoms with E-state index in [0.29, 0.717) is 23.0 Å². The monoisotopic (exact) mass is 403 g/mol. The first-order valence-corrected chi connectivity index (χ1v) is 10.1. The first kappa shape index (κ1) is 21.7. The van der Waals surface area contributed by atoms with Crippen LogP contribution in [0.1, 0.15) is 30.3 Å². The van der Waals surface area contributed by atoms with Gasteiger partial charge < -0.3 is 14.8 Å². The Morgan fingerprint density at radius 3 is 2.43 bits per heavy atom. The zero-order valence-electron chi connectivity index (χ0n) is 16.7. The lowest BCUT2D eigenvalue weighted by atomic mass is 10.1. The Morgan fingerprint density at radius 2 is 1.82 bits per heavy atom. The average molecular weight is 404 g/mol. The number of esters is 1. The van der Waals surface area contributed by atoms with Gasteiger partial charge in [-0.2, -0.15) is 0 Å². The van der Waals surface area contributed by atoms with Crippen LogP contribution in [0.5, 0.6) is 5.75 Å². The second kappa shape index (κ2) is 10.1. The third kappa shape index (κ3) is 5.69. The average Bonchev–Trinajstić information content (AvgIpc) is 2.67. The second-order valence-electron chi connectivity index (χ2n) is 6.18. The maximum Gasteiger partial charge on any atom is 0.306 e. The molecule has 150 valence electrons. The van der Waals surface area contributed by atoms with Gasteiger partial charge in [0.15, 0.2) is 11.3 Å². The Morgan fingerprint density at radius 1 is 1.18 bits per heavy atom. The number of nitrogens with one attached hydrogen (secondary N) is 1. The van der Waals surface area contributed by atoms with E-state index >= 15 is 0 Å². The fraction of sp³-hybridized carbons (Fsp3) is 0.400. The summed E-state index contributed by atoms with van der Waals surface area (Å²) in [4.78, 5) is 33.3. The van der Waals surface area contributed by atoms with Gasteiger partial charge in [0, 0.05) is 17.8 Å². The molecular formula is C20H25N3O4S. The van der Waals surface area contributed by atoms with Crippen LogP contribution in [0.15, 0.2) is 29.4 Å². The Hall–Kier alpha value is -2.61. The van der Waals surface area contributed by atoms with Crippen molar-refractivity contribution in [1.82, 2.24) is 9.97 Å². The van der Waals surface area contributed by atoms with E-state index < -0.39 is 18.0 Å². The molecule has 2 aromatic rings. The van der Waals surface area contributed by atoms with Crippen LogP contribution in [0, 0.1) is 13.8 Å². The highest BCUT2D eigenvalue weighted by atomic mass is 32.2. The van der Waals surface area contributed by atoms with Gasteiger partial charge in [0.05, 0.1) is 12.8 Å². The van der Waals surface area contributed by atoms with Crippen molar-refractivity contribution in [1.29, 1.82) is 0 Å². The summed E-state index contributed by atoms with van der Waals surface area (Å²) in [5.41, 5.74) is 3.16. The number of ether oxygens (including phenoxy) is 2. The van der Waals surface area contributed by atoms with Crippen LogP contribution >= 0.6 is 11.8 Å². The van der Waals surface area contributed by atoms with Crippen molar-refractivity contribution in [2.45, 2.75) is 44.9 Å². The maximum atomic E-state index is 12.3. The largest absolute Gasteiger partial charge is 0.495 e. The van der Waals surface area contributed by atoms with Gasteiger partial charge in [0.25, 0.3) is 5.91 Å². The fourth-order valence-electron chi connectivity index (χ4n) is 2.68. The zero-order chi connectivity index (χ0) is 20.7. The van der Waals surface area contributed by atoms with E-state index in [1.807, 2.05) is 20.1 Å². The third-order valence-electron chi connectivity index (χ3n) is 4.20. The van der Waals surface area contributed by atoms with Gasteiger partial charge in [-0.05, 0) is 51.1 Å². The number of hydrogen-bond acceptors (Lipinski definition) is 7. The third-order valence-corrected chi connectivity index (χ3v) is 4.75. The second-order valence-corrected chi connectivity index (χ2v) is 6.95. The molecule has 0 saturated carbocycles. The number of methoxy groups -OCH3 is 1. The number of hydrogen-bond donors (Lipinski definition) is 1. The van der Waals surface area contributed by atoms with E-state index in [4.69, 9.17) is 9.47 Å². The first-order valence-electron chi connectivity index (χ1n) is 8.87. The lowest BCUT2D eigenvalue weighted by molar-refractivity contribution is -0.153. The molecule has 1 aromatic heterocycles. The smallest absolute Gasteiger partial charge is 0.306 e. The molecule has 1 heterocycles. The van der Waals surface area contributed by atoms with Gasteiger partial charge in [0.2, 0.25) is 0 Å². The van der Waals surface area contributed by atoms with Crippen molar-refractivity contribution in [3.63, 3.8) is 0 Å². The van der Waals surface area contributed by atoms with Gasteiger partial charge in [-0.15, -0.1) is 0 Å². The number of amides is 1. The van der Waals surface area contributed by atoms with Crippen LogP contribution in [0.2, 0.25) is 0 Å². The molecule has 1 N–H and O–H groups in total. The van der Waals surface area contributed by atoms with Crippen molar-refractivity contribution >= 4 is 29.3 Å². The van der Waals surface area contributed by atoms with Crippen molar-refractivity contribution < 1.29 is 19.1 Å². The molecule has 0 saturated heterocycles. The van der Waals surface area contributed by atoms with Crippen LogP contribution in [-0.2, 0) is 20.7 Å². The van der Waals surface area contributed by atoms with Gasteiger partial charge in [-0.3, -0.25) is 9.59 Å². The highest BCUT2D eigenvalue weighted by molar-refractivity contribution is 7.98. The van der Waals surface area contributed by atoms with Crippen LogP contribution in [0.25, 0.3) is 0 Å². The molecule has 0 aliphatic carbocycles. The van der Waals surface area contributed by atoms with Crippen molar-refractivity contribution in [2.75, 3.05) is 18.7 Å². The van der Waals surface area contributed by atoms with E-state index in [-0.39, 0.29) is 6.42 Å². The van der Waals surface area contributed by atoms with Gasteiger partial charge in [-0.25, -0.2) is 9.97 Å². The van der Waals surface area contributed by atoms with E-state index in [9.17, 15) is 9.59 Å². The number of benzene rings is 1. The van der Waals surface area contributed by atoms with Gasteiger partial charge in [-0.1, -0.05) is 23.9 Å². The number of aromatic nitrogens is 2. The highest BCUT2D eigenvalue weighted by Gasteiger charge is 2.20. The number of carbonyl (C=O) groups is 2. The van der Waals surface area contributed by atoms with E-state index in [2.05, 4.69) is 15.3 Å². The molecule has 2 rings (SSSR count). The minimum Gasteiger partial charge on any atom is -0.495 e. The summed E-state index contributed by atoms with van der Waals surface area (Å²) in [5.74, 6) is -0.331. The standard InChI is InChI=1S/C20H25N3O4S/c1-12-15(13(2)22-20(21-12)28-5)10-11-18(24)27-14(3)19(25)23-16-8-6-7-9-17(16)26-4/h6-9,14H,10-11H2,1-5H3,(H,23,25)/t14-/m0/s1. The Balaban J connectivity index is 1.91. The lowest BCUT2D eigenvalue weighted by Gasteiger charge is -2.15. The lowest BCUT2D eigenvalue weighted by Crippen LogP contribution is -2.30. The summed E-state index contributed by atoms with van der Waals surface area (Å²) in [7, 11) is 1.52. The number of para-hydroxylation sites is 2. The molecule has 0 unspecified atom stereocenters. The van der Waals surface area contributed by atoms with E-state index in [1.54, 1.807) is 24.3 Å². The van der Waals surface area contributed by atoms with Crippen LogP contribution in [0.3, 0.4) is 0 Å². The summed E-state index contributed by atoms with van der Waals surface area (Å²) in [6.45, 7) is 5.34. The molecule has 1 atom stereocenters. The zero-order valence-corrected chi connectivity index (χ0v) is 17.6. The number of nitrogens with zero attached hydrogens (tertiary/aromatic N) is 2. The molecule has 0 spiro atoms. The van der Waals surface area contributed by atoms with Gasteiger partial charge >= 0.3 is 5.97 Å². The maximum absolute atomic E-state index is 12.3. The SMILES string of the molecule is COc1ccccc1NC(=O)[C@H](C)OC(=O)CCc1c(C)nc(SC)nc1C. The molecule has 0 radical (unpaired) electrons. The number of aryl methyl sites for hydroxylation is 2.